The van der Waals surface area contributed by atoms with Gasteiger partial charge in [-0.1, -0.05) is 12.1 Å². The van der Waals surface area contributed by atoms with Gasteiger partial charge in [-0.05, 0) is 48.9 Å². The van der Waals surface area contributed by atoms with Gasteiger partial charge in [0.05, 0.1) is 12.2 Å². The van der Waals surface area contributed by atoms with E-state index in [1.165, 1.54) is 17.0 Å². The maximum atomic E-state index is 12.5. The smallest absolute Gasteiger partial charge is 0.416 e. The highest BCUT2D eigenvalue weighted by Gasteiger charge is 2.29. The van der Waals surface area contributed by atoms with Gasteiger partial charge in [0.1, 0.15) is 0 Å². The van der Waals surface area contributed by atoms with E-state index in [1.807, 2.05) is 12.1 Å². The highest BCUT2D eigenvalue weighted by molar-refractivity contribution is 5.86. The quantitative estimate of drug-likeness (QED) is 0.831. The predicted molar refractivity (Wildman–Crippen MR) is 90.6 cm³/mol. The number of hydrogen-bond acceptors (Lipinski definition) is 3. The van der Waals surface area contributed by atoms with Crippen LogP contribution in [0.15, 0.2) is 48.5 Å². The Labute approximate surface area is 144 Å². The van der Waals surface area contributed by atoms with Crippen LogP contribution in [0.25, 0.3) is 0 Å². The number of nitrogens with one attached hydrogen (secondary N) is 1. The maximum Gasteiger partial charge on any atom is 0.416 e. The molecule has 134 valence electrons. The normalized spacial score (nSPS) is 11.1. The summed E-state index contributed by atoms with van der Waals surface area (Å²) in [6, 6.07) is 12.1. The minimum absolute atomic E-state index is 0.304. The SMILES string of the molecule is CCOC(=O)N(C)c1ccc(CNc2ccc(C(F)(F)F)cc2)cc1. The van der Waals surface area contributed by atoms with E-state index in [-0.39, 0.29) is 0 Å². The van der Waals surface area contributed by atoms with Gasteiger partial charge in [-0.3, -0.25) is 4.90 Å². The molecule has 0 aliphatic heterocycles. The van der Waals surface area contributed by atoms with Crippen LogP contribution in [0.5, 0.6) is 0 Å². The minimum atomic E-state index is -4.33. The van der Waals surface area contributed by atoms with E-state index in [2.05, 4.69) is 5.32 Å². The molecule has 1 amide bonds. The molecule has 0 spiro atoms. The van der Waals surface area contributed by atoms with E-state index in [9.17, 15) is 18.0 Å². The molecule has 7 heteroatoms. The fraction of sp³-hybridized carbons (Fsp3) is 0.278. The third kappa shape index (κ3) is 5.14. The summed E-state index contributed by atoms with van der Waals surface area (Å²) in [5.74, 6) is 0. The second kappa shape index (κ2) is 7.92. The lowest BCUT2D eigenvalue weighted by Crippen LogP contribution is -2.26. The Morgan fingerprint density at radius 3 is 2.20 bits per heavy atom. The molecule has 0 atom stereocenters. The molecular formula is C18H19F3N2O2. The van der Waals surface area contributed by atoms with Crippen LogP contribution in [0.2, 0.25) is 0 Å². The number of carbonyl (C=O) groups is 1. The van der Waals surface area contributed by atoms with Crippen LogP contribution in [0.4, 0.5) is 29.3 Å². The van der Waals surface area contributed by atoms with Gasteiger partial charge in [0, 0.05) is 25.0 Å². The van der Waals surface area contributed by atoms with E-state index >= 15 is 0 Å². The van der Waals surface area contributed by atoms with Gasteiger partial charge in [-0.25, -0.2) is 4.79 Å². The summed E-state index contributed by atoms with van der Waals surface area (Å²) in [7, 11) is 1.62. The molecular weight excluding hydrogens is 333 g/mol. The van der Waals surface area contributed by atoms with Crippen LogP contribution >= 0.6 is 0 Å². The molecule has 0 fully saturated rings. The highest BCUT2D eigenvalue weighted by Crippen LogP contribution is 2.29. The second-order valence-electron chi connectivity index (χ2n) is 5.35. The molecule has 0 aliphatic carbocycles. The van der Waals surface area contributed by atoms with E-state index in [0.717, 1.165) is 17.7 Å². The van der Waals surface area contributed by atoms with E-state index in [1.54, 1.807) is 26.1 Å². The molecule has 0 radical (unpaired) electrons. The fourth-order valence-electron chi connectivity index (χ4n) is 2.14. The summed E-state index contributed by atoms with van der Waals surface area (Å²) in [5.41, 5.74) is 1.54. The first-order valence-electron chi connectivity index (χ1n) is 7.72. The van der Waals surface area contributed by atoms with E-state index in [4.69, 9.17) is 4.74 Å². The molecule has 1 N–H and O–H groups in total. The van der Waals surface area contributed by atoms with Crippen molar-refractivity contribution in [3.8, 4) is 0 Å². The molecule has 0 heterocycles. The Hall–Kier alpha value is -2.70. The standard InChI is InChI=1S/C18H19F3N2O2/c1-3-25-17(24)23(2)16-10-4-13(5-11-16)12-22-15-8-6-14(7-9-15)18(19,20)21/h4-11,22H,3,12H2,1-2H3. The summed E-state index contributed by atoms with van der Waals surface area (Å²) in [4.78, 5) is 13.0. The van der Waals surface area contributed by atoms with Crippen molar-refractivity contribution in [2.45, 2.75) is 19.6 Å². The molecule has 4 nitrogen and oxygen atoms in total. The zero-order chi connectivity index (χ0) is 18.4. The van der Waals surface area contributed by atoms with Gasteiger partial charge in [0.15, 0.2) is 0 Å². The van der Waals surface area contributed by atoms with Crippen molar-refractivity contribution in [1.29, 1.82) is 0 Å². The number of amides is 1. The zero-order valence-corrected chi connectivity index (χ0v) is 13.9. The zero-order valence-electron chi connectivity index (χ0n) is 13.9. The summed E-state index contributed by atoms with van der Waals surface area (Å²) in [6.07, 6.45) is -4.77. The third-order valence-corrected chi connectivity index (χ3v) is 3.57. The van der Waals surface area contributed by atoms with Crippen LogP contribution < -0.4 is 10.2 Å². The Bertz CT molecular complexity index is 698. The van der Waals surface area contributed by atoms with Crippen molar-refractivity contribution in [2.24, 2.45) is 0 Å². The maximum absolute atomic E-state index is 12.5. The summed E-state index contributed by atoms with van der Waals surface area (Å²) in [6.45, 7) is 2.49. The van der Waals surface area contributed by atoms with E-state index < -0.39 is 17.8 Å². The number of nitrogens with zero attached hydrogens (tertiary/aromatic N) is 1. The van der Waals surface area contributed by atoms with Crippen LogP contribution in [-0.4, -0.2) is 19.7 Å². The average molecular weight is 352 g/mol. The Balaban J connectivity index is 1.94. The van der Waals surface area contributed by atoms with Gasteiger partial charge in [0.25, 0.3) is 0 Å². The molecule has 0 bridgehead atoms. The monoisotopic (exact) mass is 352 g/mol. The average Bonchev–Trinajstić information content (AvgIpc) is 2.59. The number of hydrogen-bond donors (Lipinski definition) is 1. The van der Waals surface area contributed by atoms with E-state index in [0.29, 0.717) is 24.5 Å². The summed E-state index contributed by atoms with van der Waals surface area (Å²) < 4.78 is 42.5. The fourth-order valence-corrected chi connectivity index (χ4v) is 2.14. The van der Waals surface area contributed by atoms with Crippen LogP contribution in [0.3, 0.4) is 0 Å². The number of carbonyl (C=O) groups excluding carboxylic acids is 1. The van der Waals surface area contributed by atoms with Crippen LogP contribution in [0, 0.1) is 0 Å². The molecule has 0 saturated heterocycles. The van der Waals surface area contributed by atoms with Crippen LogP contribution in [-0.2, 0) is 17.5 Å². The molecule has 0 aliphatic rings. The van der Waals surface area contributed by atoms with Crippen molar-refractivity contribution in [2.75, 3.05) is 23.9 Å². The number of benzene rings is 2. The Morgan fingerprint density at radius 1 is 1.08 bits per heavy atom. The summed E-state index contributed by atoms with van der Waals surface area (Å²) in [5, 5.41) is 3.06. The van der Waals surface area contributed by atoms with Crippen LogP contribution in [0.1, 0.15) is 18.1 Å². The van der Waals surface area contributed by atoms with Gasteiger partial charge in [-0.2, -0.15) is 13.2 Å². The highest BCUT2D eigenvalue weighted by atomic mass is 19.4. The first-order valence-corrected chi connectivity index (χ1v) is 7.72. The predicted octanol–water partition coefficient (Wildman–Crippen LogP) is 4.91. The first-order chi connectivity index (χ1) is 11.8. The number of alkyl halides is 3. The van der Waals surface area contributed by atoms with Crippen molar-refractivity contribution in [3.63, 3.8) is 0 Å². The van der Waals surface area contributed by atoms with Crippen molar-refractivity contribution < 1.29 is 22.7 Å². The van der Waals surface area contributed by atoms with Gasteiger partial charge in [0.2, 0.25) is 0 Å². The Kier molecular flexibility index (Phi) is 5.90. The summed E-state index contributed by atoms with van der Waals surface area (Å²) >= 11 is 0. The van der Waals surface area contributed by atoms with Gasteiger partial charge in [-0.15, -0.1) is 0 Å². The lowest BCUT2D eigenvalue weighted by atomic mass is 10.1. The minimum Gasteiger partial charge on any atom is -0.449 e. The molecule has 25 heavy (non-hydrogen) atoms. The second-order valence-corrected chi connectivity index (χ2v) is 5.35. The Morgan fingerprint density at radius 2 is 1.68 bits per heavy atom. The molecule has 0 saturated carbocycles. The first kappa shape index (κ1) is 18.6. The lowest BCUT2D eigenvalue weighted by molar-refractivity contribution is -0.137. The molecule has 0 aromatic heterocycles. The number of rotatable bonds is 5. The molecule has 2 rings (SSSR count). The molecule has 2 aromatic carbocycles. The number of ether oxygens (including phenoxy) is 1. The molecule has 0 unspecified atom stereocenters. The van der Waals surface area contributed by atoms with Crippen molar-refractivity contribution in [3.05, 3.63) is 59.7 Å². The topological polar surface area (TPSA) is 41.6 Å². The van der Waals surface area contributed by atoms with Crippen molar-refractivity contribution in [1.82, 2.24) is 0 Å². The van der Waals surface area contributed by atoms with Gasteiger partial charge >= 0.3 is 12.3 Å². The third-order valence-electron chi connectivity index (χ3n) is 3.57. The number of halogens is 3. The largest absolute Gasteiger partial charge is 0.449 e. The lowest BCUT2D eigenvalue weighted by Gasteiger charge is -2.17. The van der Waals surface area contributed by atoms with Gasteiger partial charge < -0.3 is 10.1 Å². The van der Waals surface area contributed by atoms with Crippen molar-refractivity contribution >= 4 is 17.5 Å². The molecule has 2 aromatic rings. The number of anilines is 2.